The van der Waals surface area contributed by atoms with Crippen LogP contribution in [0.1, 0.15) is 18.4 Å². The number of benzene rings is 1. The first-order valence-corrected chi connectivity index (χ1v) is 7.11. The van der Waals surface area contributed by atoms with Gasteiger partial charge in [-0.2, -0.15) is 5.10 Å². The highest BCUT2D eigenvalue weighted by Gasteiger charge is 2.15. The average molecular weight is 272 g/mol. The molecular formula is C15H20N4O. The summed E-state index contributed by atoms with van der Waals surface area (Å²) in [6.07, 6.45) is 6.95. The molecule has 2 aromatic rings. The molecule has 0 atom stereocenters. The lowest BCUT2D eigenvalue weighted by Gasteiger charge is -2.25. The number of anilines is 1. The summed E-state index contributed by atoms with van der Waals surface area (Å²) in [6, 6.07) is 6.40. The number of aromatic nitrogens is 3. The molecule has 0 radical (unpaired) electrons. The Labute approximate surface area is 119 Å². The van der Waals surface area contributed by atoms with Crippen LogP contribution in [-0.4, -0.2) is 35.0 Å². The van der Waals surface area contributed by atoms with Gasteiger partial charge in [-0.05, 0) is 43.0 Å². The van der Waals surface area contributed by atoms with Crippen LogP contribution in [0.3, 0.4) is 0 Å². The molecule has 1 aromatic carbocycles. The van der Waals surface area contributed by atoms with Crippen molar-refractivity contribution in [1.82, 2.24) is 14.8 Å². The van der Waals surface area contributed by atoms with Crippen molar-refractivity contribution >= 4 is 5.69 Å². The minimum Gasteiger partial charge on any atom is -0.497 e. The largest absolute Gasteiger partial charge is 0.497 e. The van der Waals surface area contributed by atoms with Crippen molar-refractivity contribution in [3.8, 4) is 5.75 Å². The van der Waals surface area contributed by atoms with Crippen LogP contribution in [0.5, 0.6) is 5.75 Å². The van der Waals surface area contributed by atoms with E-state index in [-0.39, 0.29) is 0 Å². The molecule has 20 heavy (non-hydrogen) atoms. The van der Waals surface area contributed by atoms with Crippen molar-refractivity contribution in [1.29, 1.82) is 0 Å². The fourth-order valence-electron chi connectivity index (χ4n) is 2.74. The van der Waals surface area contributed by atoms with Crippen molar-refractivity contribution in [2.75, 3.05) is 25.1 Å². The van der Waals surface area contributed by atoms with Gasteiger partial charge in [-0.15, -0.1) is 0 Å². The molecule has 0 fully saturated rings. The summed E-state index contributed by atoms with van der Waals surface area (Å²) in [4.78, 5) is 6.44. The Balaban J connectivity index is 1.78. The van der Waals surface area contributed by atoms with Gasteiger partial charge in [-0.1, -0.05) is 0 Å². The van der Waals surface area contributed by atoms with Crippen LogP contribution < -0.4 is 9.64 Å². The topological polar surface area (TPSA) is 43.2 Å². The third-order valence-corrected chi connectivity index (χ3v) is 3.82. The fraction of sp³-hybridized carbons (Fsp3) is 0.467. The number of methoxy groups -OCH3 is 1. The standard InChI is InChI=1S/C15H20N4O/c1-20-14-5-6-15-13(10-14)4-2-3-7-18(15)8-9-19-12-16-11-17-19/h5-6,10-12H,2-4,7-9H2,1H3. The highest BCUT2D eigenvalue weighted by atomic mass is 16.5. The number of nitrogens with zero attached hydrogens (tertiary/aromatic N) is 4. The van der Waals surface area contributed by atoms with E-state index in [1.54, 1.807) is 19.8 Å². The van der Waals surface area contributed by atoms with Gasteiger partial charge in [0, 0.05) is 18.8 Å². The van der Waals surface area contributed by atoms with E-state index in [2.05, 4.69) is 27.1 Å². The first-order chi connectivity index (χ1) is 9.86. The zero-order valence-corrected chi connectivity index (χ0v) is 11.8. The minimum absolute atomic E-state index is 0.867. The molecule has 0 saturated heterocycles. The molecule has 0 spiro atoms. The first kappa shape index (κ1) is 13.0. The van der Waals surface area contributed by atoms with Crippen molar-refractivity contribution in [2.24, 2.45) is 0 Å². The van der Waals surface area contributed by atoms with E-state index in [9.17, 15) is 0 Å². The number of aryl methyl sites for hydroxylation is 1. The van der Waals surface area contributed by atoms with Gasteiger partial charge in [0.1, 0.15) is 18.4 Å². The van der Waals surface area contributed by atoms with E-state index in [0.29, 0.717) is 0 Å². The maximum atomic E-state index is 5.33. The smallest absolute Gasteiger partial charge is 0.137 e. The second-order valence-electron chi connectivity index (χ2n) is 5.10. The van der Waals surface area contributed by atoms with Gasteiger partial charge in [0.15, 0.2) is 0 Å². The molecule has 1 aromatic heterocycles. The molecule has 5 heteroatoms. The van der Waals surface area contributed by atoms with Crippen molar-refractivity contribution < 1.29 is 4.74 Å². The number of hydrogen-bond acceptors (Lipinski definition) is 4. The fourth-order valence-corrected chi connectivity index (χ4v) is 2.74. The Morgan fingerprint density at radius 2 is 2.20 bits per heavy atom. The van der Waals surface area contributed by atoms with Crippen molar-refractivity contribution in [2.45, 2.75) is 25.8 Å². The zero-order valence-electron chi connectivity index (χ0n) is 11.8. The van der Waals surface area contributed by atoms with E-state index < -0.39 is 0 Å². The van der Waals surface area contributed by atoms with Crippen LogP contribution in [0, 0.1) is 0 Å². The Morgan fingerprint density at radius 1 is 1.25 bits per heavy atom. The molecule has 1 aliphatic heterocycles. The predicted octanol–water partition coefficient (Wildman–Crippen LogP) is 2.13. The molecule has 0 unspecified atom stereocenters. The molecule has 2 heterocycles. The molecular weight excluding hydrogens is 252 g/mol. The normalized spacial score (nSPS) is 14.8. The number of fused-ring (bicyclic) bond motifs is 1. The Hall–Kier alpha value is -2.04. The first-order valence-electron chi connectivity index (χ1n) is 7.11. The molecule has 106 valence electrons. The molecule has 0 aliphatic carbocycles. The van der Waals surface area contributed by atoms with Crippen molar-refractivity contribution in [3.05, 3.63) is 36.4 Å². The van der Waals surface area contributed by atoms with Gasteiger partial charge in [0.25, 0.3) is 0 Å². The van der Waals surface area contributed by atoms with Crippen LogP contribution in [-0.2, 0) is 13.0 Å². The van der Waals surface area contributed by atoms with Gasteiger partial charge in [0.2, 0.25) is 0 Å². The average Bonchev–Trinajstić information content (AvgIpc) is 2.92. The van der Waals surface area contributed by atoms with Gasteiger partial charge >= 0.3 is 0 Å². The summed E-state index contributed by atoms with van der Waals surface area (Å²) in [5.74, 6) is 0.946. The van der Waals surface area contributed by atoms with Crippen LogP contribution in [0.15, 0.2) is 30.9 Å². The van der Waals surface area contributed by atoms with E-state index in [1.165, 1.54) is 24.1 Å². The molecule has 5 nitrogen and oxygen atoms in total. The summed E-state index contributed by atoms with van der Waals surface area (Å²) < 4.78 is 7.22. The Bertz CT molecular complexity index is 553. The van der Waals surface area contributed by atoms with Crippen LogP contribution in [0.4, 0.5) is 5.69 Å². The van der Waals surface area contributed by atoms with E-state index in [1.807, 2.05) is 10.7 Å². The number of hydrogen-bond donors (Lipinski definition) is 0. The Kier molecular flexibility index (Phi) is 3.85. The third kappa shape index (κ3) is 2.76. The highest BCUT2D eigenvalue weighted by Crippen LogP contribution is 2.29. The molecule has 0 saturated carbocycles. The molecule has 0 bridgehead atoms. The molecule has 1 aliphatic rings. The van der Waals surface area contributed by atoms with Crippen molar-refractivity contribution in [3.63, 3.8) is 0 Å². The Morgan fingerprint density at radius 3 is 3.00 bits per heavy atom. The third-order valence-electron chi connectivity index (χ3n) is 3.82. The van der Waals surface area contributed by atoms with Crippen LogP contribution in [0.25, 0.3) is 0 Å². The molecule has 0 N–H and O–H groups in total. The summed E-state index contributed by atoms with van der Waals surface area (Å²) >= 11 is 0. The molecule has 3 rings (SSSR count). The summed E-state index contributed by atoms with van der Waals surface area (Å²) in [5, 5.41) is 4.17. The quantitative estimate of drug-likeness (QED) is 0.855. The highest BCUT2D eigenvalue weighted by molar-refractivity contribution is 5.57. The second kappa shape index (κ2) is 5.94. The van der Waals surface area contributed by atoms with Gasteiger partial charge in [-0.25, -0.2) is 4.98 Å². The van der Waals surface area contributed by atoms with Gasteiger partial charge in [-0.3, -0.25) is 4.68 Å². The maximum Gasteiger partial charge on any atom is 0.137 e. The molecule has 0 amide bonds. The summed E-state index contributed by atoms with van der Waals surface area (Å²) in [6.45, 7) is 2.93. The summed E-state index contributed by atoms with van der Waals surface area (Å²) in [5.41, 5.74) is 2.73. The minimum atomic E-state index is 0.867. The monoisotopic (exact) mass is 272 g/mol. The summed E-state index contributed by atoms with van der Waals surface area (Å²) in [7, 11) is 1.72. The lowest BCUT2D eigenvalue weighted by molar-refractivity contribution is 0.414. The van der Waals surface area contributed by atoms with E-state index in [4.69, 9.17) is 4.74 Å². The lowest BCUT2D eigenvalue weighted by Crippen LogP contribution is -2.28. The zero-order chi connectivity index (χ0) is 13.8. The van der Waals surface area contributed by atoms with Gasteiger partial charge in [0.05, 0.1) is 13.7 Å². The number of rotatable bonds is 4. The SMILES string of the molecule is COc1ccc2c(c1)CCCCN2CCn1cncn1. The van der Waals surface area contributed by atoms with E-state index >= 15 is 0 Å². The number of ether oxygens (including phenoxy) is 1. The second-order valence-corrected chi connectivity index (χ2v) is 5.10. The van der Waals surface area contributed by atoms with Crippen LogP contribution >= 0.6 is 0 Å². The van der Waals surface area contributed by atoms with Gasteiger partial charge < -0.3 is 9.64 Å². The van der Waals surface area contributed by atoms with E-state index in [0.717, 1.165) is 31.8 Å². The maximum absolute atomic E-state index is 5.33. The predicted molar refractivity (Wildman–Crippen MR) is 78.2 cm³/mol. The van der Waals surface area contributed by atoms with Crippen LogP contribution in [0.2, 0.25) is 0 Å². The lowest BCUT2D eigenvalue weighted by atomic mass is 10.1.